The summed E-state index contributed by atoms with van der Waals surface area (Å²) in [6, 6.07) is -0.392. The maximum atomic E-state index is 12.7. The van der Waals surface area contributed by atoms with E-state index >= 15 is 0 Å². The molecule has 0 aromatic carbocycles. The second kappa shape index (κ2) is 5.72. The first-order valence-electron chi connectivity index (χ1n) is 7.56. The average Bonchev–Trinajstić information content (AvgIpc) is 2.84. The molecule has 0 bridgehead atoms. The fraction of sp³-hybridized carbons (Fsp3) is 0.867. The van der Waals surface area contributed by atoms with Crippen molar-refractivity contribution in [3.8, 4) is 0 Å². The number of nitrogens with zero attached hydrogens (tertiary/aromatic N) is 1. The van der Waals surface area contributed by atoms with E-state index in [1.54, 1.807) is 18.7 Å². The Kier molecular flexibility index (Phi) is 4.37. The second-order valence-electron chi connectivity index (χ2n) is 6.80. The normalized spacial score (nSPS) is 29.9. The van der Waals surface area contributed by atoms with Crippen LogP contribution in [-0.2, 0) is 14.3 Å². The molecule has 114 valence electrons. The highest BCUT2D eigenvalue weighted by atomic mass is 16.5. The van der Waals surface area contributed by atoms with E-state index in [9.17, 15) is 9.59 Å². The Morgan fingerprint density at radius 3 is 2.65 bits per heavy atom. The summed E-state index contributed by atoms with van der Waals surface area (Å²) in [5.41, 5.74) is -0.795. The number of carbonyl (C=O) groups excluding carboxylic acids is 2. The van der Waals surface area contributed by atoms with Crippen LogP contribution in [0.4, 0.5) is 0 Å². The minimum atomic E-state index is -0.795. The fourth-order valence-electron chi connectivity index (χ4n) is 2.92. The van der Waals surface area contributed by atoms with Crippen LogP contribution in [0, 0.1) is 5.92 Å². The van der Waals surface area contributed by atoms with E-state index < -0.39 is 11.6 Å². The highest BCUT2D eigenvalue weighted by molar-refractivity contribution is 5.99. The van der Waals surface area contributed by atoms with Crippen molar-refractivity contribution in [1.29, 1.82) is 0 Å². The van der Waals surface area contributed by atoms with Crippen LogP contribution in [0.2, 0.25) is 0 Å². The lowest BCUT2D eigenvalue weighted by atomic mass is 9.91. The topological polar surface area (TPSA) is 58.6 Å². The third kappa shape index (κ3) is 2.97. The molecule has 2 aliphatic rings. The van der Waals surface area contributed by atoms with Crippen molar-refractivity contribution in [3.63, 3.8) is 0 Å². The first-order chi connectivity index (χ1) is 9.32. The van der Waals surface area contributed by atoms with Crippen LogP contribution >= 0.6 is 0 Å². The SMILES string of the molecule is CC(C)CC1NC(=O)C(C)(C)N(CC2CCCO2)C1=O. The van der Waals surface area contributed by atoms with Crippen molar-refractivity contribution in [2.45, 2.75) is 64.6 Å². The Labute approximate surface area is 121 Å². The summed E-state index contributed by atoms with van der Waals surface area (Å²) >= 11 is 0. The molecule has 2 unspecified atom stereocenters. The van der Waals surface area contributed by atoms with E-state index in [1.165, 1.54) is 0 Å². The van der Waals surface area contributed by atoms with Gasteiger partial charge in [-0.25, -0.2) is 0 Å². The van der Waals surface area contributed by atoms with Crippen LogP contribution in [0.25, 0.3) is 0 Å². The molecule has 5 nitrogen and oxygen atoms in total. The van der Waals surface area contributed by atoms with Crippen molar-refractivity contribution in [3.05, 3.63) is 0 Å². The first-order valence-corrected chi connectivity index (χ1v) is 7.56. The van der Waals surface area contributed by atoms with Crippen molar-refractivity contribution in [2.75, 3.05) is 13.2 Å². The number of hydrogen-bond acceptors (Lipinski definition) is 3. The quantitative estimate of drug-likeness (QED) is 0.846. The van der Waals surface area contributed by atoms with Gasteiger partial charge in [-0.1, -0.05) is 13.8 Å². The Morgan fingerprint density at radius 1 is 1.40 bits per heavy atom. The molecule has 2 saturated heterocycles. The van der Waals surface area contributed by atoms with E-state index in [1.807, 2.05) is 0 Å². The van der Waals surface area contributed by atoms with Gasteiger partial charge in [-0.2, -0.15) is 0 Å². The first kappa shape index (κ1) is 15.3. The average molecular weight is 282 g/mol. The van der Waals surface area contributed by atoms with Gasteiger partial charge in [0, 0.05) is 13.2 Å². The van der Waals surface area contributed by atoms with E-state index in [4.69, 9.17) is 4.74 Å². The molecular formula is C15H26N2O3. The van der Waals surface area contributed by atoms with Crippen molar-refractivity contribution < 1.29 is 14.3 Å². The molecule has 2 rings (SSSR count). The molecule has 2 heterocycles. The Morgan fingerprint density at radius 2 is 2.10 bits per heavy atom. The summed E-state index contributed by atoms with van der Waals surface area (Å²) in [5, 5.41) is 2.87. The lowest BCUT2D eigenvalue weighted by Gasteiger charge is -2.45. The Bertz CT molecular complexity index is 387. The fourth-order valence-corrected chi connectivity index (χ4v) is 2.92. The summed E-state index contributed by atoms with van der Waals surface area (Å²) < 4.78 is 5.62. The van der Waals surface area contributed by atoms with Gasteiger partial charge < -0.3 is 15.0 Å². The number of amides is 2. The van der Waals surface area contributed by atoms with E-state index in [-0.39, 0.29) is 17.9 Å². The highest BCUT2D eigenvalue weighted by Crippen LogP contribution is 2.26. The summed E-state index contributed by atoms with van der Waals surface area (Å²) in [7, 11) is 0. The minimum Gasteiger partial charge on any atom is -0.376 e. The zero-order valence-corrected chi connectivity index (χ0v) is 12.9. The van der Waals surface area contributed by atoms with Crippen molar-refractivity contribution in [2.24, 2.45) is 5.92 Å². The summed E-state index contributed by atoms with van der Waals surface area (Å²) in [6.45, 7) is 9.01. The molecule has 0 spiro atoms. The lowest BCUT2D eigenvalue weighted by molar-refractivity contribution is -0.157. The number of piperazine rings is 1. The number of rotatable bonds is 4. The number of hydrogen-bond donors (Lipinski definition) is 1. The van der Waals surface area contributed by atoms with Crippen LogP contribution in [-0.4, -0.2) is 47.6 Å². The molecular weight excluding hydrogens is 256 g/mol. The van der Waals surface area contributed by atoms with Crippen molar-refractivity contribution in [1.82, 2.24) is 10.2 Å². The van der Waals surface area contributed by atoms with Gasteiger partial charge in [0.1, 0.15) is 11.6 Å². The van der Waals surface area contributed by atoms with Gasteiger partial charge in [0.25, 0.3) is 0 Å². The number of carbonyl (C=O) groups is 2. The maximum Gasteiger partial charge on any atom is 0.246 e. The zero-order valence-electron chi connectivity index (χ0n) is 12.9. The largest absolute Gasteiger partial charge is 0.376 e. The van der Waals surface area contributed by atoms with Crippen LogP contribution in [0.3, 0.4) is 0 Å². The molecule has 0 aromatic rings. The highest BCUT2D eigenvalue weighted by Gasteiger charge is 2.47. The molecule has 2 amide bonds. The third-order valence-electron chi connectivity index (χ3n) is 4.22. The molecule has 0 radical (unpaired) electrons. The third-order valence-corrected chi connectivity index (χ3v) is 4.22. The number of ether oxygens (including phenoxy) is 1. The van der Waals surface area contributed by atoms with Gasteiger partial charge in [-0.15, -0.1) is 0 Å². The van der Waals surface area contributed by atoms with E-state index in [0.29, 0.717) is 18.9 Å². The monoisotopic (exact) mass is 282 g/mol. The zero-order chi connectivity index (χ0) is 14.9. The van der Waals surface area contributed by atoms with Crippen molar-refractivity contribution >= 4 is 11.8 Å². The lowest BCUT2D eigenvalue weighted by Crippen LogP contribution is -2.69. The van der Waals surface area contributed by atoms with E-state index in [0.717, 1.165) is 19.4 Å². The van der Waals surface area contributed by atoms with Crippen LogP contribution in [0.15, 0.2) is 0 Å². The molecule has 0 aliphatic carbocycles. The van der Waals surface area contributed by atoms with Gasteiger partial charge in [0.2, 0.25) is 11.8 Å². The molecule has 1 N–H and O–H groups in total. The van der Waals surface area contributed by atoms with Gasteiger partial charge >= 0.3 is 0 Å². The van der Waals surface area contributed by atoms with Gasteiger partial charge in [0.15, 0.2) is 0 Å². The molecule has 2 aliphatic heterocycles. The molecule has 0 saturated carbocycles. The molecule has 20 heavy (non-hydrogen) atoms. The standard InChI is InChI=1S/C15H26N2O3/c1-10(2)8-12-13(18)17(9-11-6-5-7-20-11)15(3,4)14(19)16-12/h10-12H,5-9H2,1-4H3,(H,16,19). The van der Waals surface area contributed by atoms with Crippen LogP contribution in [0.5, 0.6) is 0 Å². The molecule has 2 atom stereocenters. The van der Waals surface area contributed by atoms with Gasteiger partial charge in [0.05, 0.1) is 6.10 Å². The number of nitrogens with one attached hydrogen (secondary N) is 1. The van der Waals surface area contributed by atoms with Gasteiger partial charge in [-0.3, -0.25) is 9.59 Å². The predicted molar refractivity (Wildman–Crippen MR) is 76.2 cm³/mol. The Hall–Kier alpha value is -1.10. The second-order valence-corrected chi connectivity index (χ2v) is 6.80. The summed E-state index contributed by atoms with van der Waals surface area (Å²) in [5.74, 6) is 0.328. The summed E-state index contributed by atoms with van der Waals surface area (Å²) in [6.07, 6.45) is 2.76. The van der Waals surface area contributed by atoms with Crippen LogP contribution < -0.4 is 5.32 Å². The van der Waals surface area contributed by atoms with Crippen LogP contribution in [0.1, 0.15) is 47.0 Å². The molecule has 2 fully saturated rings. The maximum absolute atomic E-state index is 12.7. The predicted octanol–water partition coefficient (Wildman–Crippen LogP) is 1.32. The smallest absolute Gasteiger partial charge is 0.246 e. The van der Waals surface area contributed by atoms with Gasteiger partial charge in [-0.05, 0) is 39.0 Å². The molecule has 5 heteroatoms. The molecule has 0 aromatic heterocycles. The van der Waals surface area contributed by atoms with E-state index in [2.05, 4.69) is 19.2 Å². The minimum absolute atomic E-state index is 0.0267. The summed E-state index contributed by atoms with van der Waals surface area (Å²) in [4.78, 5) is 26.7. The Balaban J connectivity index is 2.14.